The number of amides is 2. The normalized spacial score (nSPS) is 14.8. The summed E-state index contributed by atoms with van der Waals surface area (Å²) in [4.78, 5) is 33.7. The molecule has 0 unspecified atom stereocenters. The third-order valence-electron chi connectivity index (χ3n) is 2.85. The van der Waals surface area contributed by atoms with Crippen LogP contribution >= 0.6 is 0 Å². The number of carbonyl (C=O) groups excluding carboxylic acids is 2. The number of carboxylic acid groups (broad SMARTS) is 1. The maximum atomic E-state index is 11.8. The van der Waals surface area contributed by atoms with Gasteiger partial charge in [-0.15, -0.1) is 5.10 Å². The molecule has 10 heteroatoms. The number of nitrogens with one attached hydrogen (secondary N) is 1. The van der Waals surface area contributed by atoms with Gasteiger partial charge in [0, 0.05) is 26.4 Å². The topological polar surface area (TPSA) is 130 Å². The molecular formula is C11H14N6O4. The van der Waals surface area contributed by atoms with Crippen LogP contribution in [-0.2, 0) is 16.1 Å². The highest BCUT2D eigenvalue weighted by molar-refractivity contribution is 6.39. The molecule has 1 aliphatic rings. The Morgan fingerprint density at radius 2 is 2.19 bits per heavy atom. The fourth-order valence-electron chi connectivity index (χ4n) is 1.72. The largest absolute Gasteiger partial charge is 0.476 e. The summed E-state index contributed by atoms with van der Waals surface area (Å²) < 4.78 is 1.32. The van der Waals surface area contributed by atoms with Gasteiger partial charge in [-0.1, -0.05) is 5.21 Å². The fraction of sp³-hybridized carbons (Fsp3) is 0.455. The van der Waals surface area contributed by atoms with E-state index in [2.05, 4.69) is 20.7 Å². The molecule has 10 nitrogen and oxygen atoms in total. The Hall–Kier alpha value is -2.78. The van der Waals surface area contributed by atoms with Gasteiger partial charge in [-0.3, -0.25) is 9.59 Å². The van der Waals surface area contributed by atoms with Crippen molar-refractivity contribution in [2.45, 2.75) is 19.4 Å². The minimum absolute atomic E-state index is 0.129. The Bertz CT molecular complexity index is 608. The lowest BCUT2D eigenvalue weighted by molar-refractivity contribution is -0.130. The van der Waals surface area contributed by atoms with Crippen LogP contribution in [0.15, 0.2) is 11.3 Å². The first-order valence-corrected chi connectivity index (χ1v) is 6.23. The second-order valence-corrected chi connectivity index (χ2v) is 4.39. The Morgan fingerprint density at radius 1 is 1.43 bits per heavy atom. The maximum absolute atomic E-state index is 11.8. The Kier molecular flexibility index (Phi) is 4.26. The van der Waals surface area contributed by atoms with Gasteiger partial charge in [-0.25, -0.2) is 14.5 Å². The van der Waals surface area contributed by atoms with Crippen molar-refractivity contribution >= 4 is 23.5 Å². The van der Waals surface area contributed by atoms with Crippen LogP contribution in [0.25, 0.3) is 0 Å². The van der Waals surface area contributed by atoms with E-state index in [0.29, 0.717) is 12.1 Å². The Labute approximate surface area is 119 Å². The van der Waals surface area contributed by atoms with Crippen molar-refractivity contribution in [3.63, 3.8) is 0 Å². The monoisotopic (exact) mass is 294 g/mol. The van der Waals surface area contributed by atoms with E-state index in [-0.39, 0.29) is 37.0 Å². The van der Waals surface area contributed by atoms with E-state index >= 15 is 0 Å². The minimum Gasteiger partial charge on any atom is -0.476 e. The lowest BCUT2D eigenvalue weighted by Gasteiger charge is -2.18. The van der Waals surface area contributed by atoms with E-state index in [0.717, 1.165) is 5.01 Å². The lowest BCUT2D eigenvalue weighted by Crippen LogP contribution is -2.38. The van der Waals surface area contributed by atoms with Crippen molar-refractivity contribution < 1.29 is 19.5 Å². The van der Waals surface area contributed by atoms with Crippen LogP contribution in [0.5, 0.6) is 0 Å². The van der Waals surface area contributed by atoms with E-state index in [9.17, 15) is 14.4 Å². The van der Waals surface area contributed by atoms with Gasteiger partial charge in [0.15, 0.2) is 5.69 Å². The number of hydrogen-bond donors (Lipinski definition) is 2. The van der Waals surface area contributed by atoms with Gasteiger partial charge in [0.1, 0.15) is 5.71 Å². The maximum Gasteiger partial charge on any atom is 0.358 e. The van der Waals surface area contributed by atoms with Gasteiger partial charge in [0.05, 0.1) is 12.7 Å². The predicted octanol–water partition coefficient (Wildman–Crippen LogP) is -1.30. The van der Waals surface area contributed by atoms with Crippen molar-refractivity contribution in [1.29, 1.82) is 0 Å². The Morgan fingerprint density at radius 3 is 2.81 bits per heavy atom. The number of aromatic nitrogens is 3. The van der Waals surface area contributed by atoms with E-state index in [1.807, 2.05) is 0 Å². The van der Waals surface area contributed by atoms with E-state index in [1.165, 1.54) is 17.9 Å². The van der Waals surface area contributed by atoms with Gasteiger partial charge < -0.3 is 10.4 Å². The van der Waals surface area contributed by atoms with Crippen molar-refractivity contribution in [2.75, 3.05) is 13.6 Å². The summed E-state index contributed by atoms with van der Waals surface area (Å²) in [5.41, 5.74) is 0.139. The molecule has 0 saturated heterocycles. The standard InChI is InChI=1S/C11H14N6O4/c1-16-9(18)3-2-7(14-16)10(19)12-4-5-17-6-8(11(20)21)13-15-17/h6H,2-5H2,1H3,(H,12,19)(H,20,21). The van der Waals surface area contributed by atoms with E-state index in [1.54, 1.807) is 0 Å². The third-order valence-corrected chi connectivity index (χ3v) is 2.85. The molecule has 2 heterocycles. The van der Waals surface area contributed by atoms with Gasteiger partial charge >= 0.3 is 5.97 Å². The SMILES string of the molecule is CN1N=C(C(=O)NCCn2cc(C(=O)O)nn2)CCC1=O. The molecule has 1 aliphatic heterocycles. The smallest absolute Gasteiger partial charge is 0.358 e. The molecule has 21 heavy (non-hydrogen) atoms. The van der Waals surface area contributed by atoms with Gasteiger partial charge in [-0.2, -0.15) is 5.10 Å². The van der Waals surface area contributed by atoms with Crippen molar-refractivity contribution in [3.8, 4) is 0 Å². The minimum atomic E-state index is -1.16. The van der Waals surface area contributed by atoms with Crippen molar-refractivity contribution in [1.82, 2.24) is 25.3 Å². The fourth-order valence-corrected chi connectivity index (χ4v) is 1.72. The summed E-state index contributed by atoms with van der Waals surface area (Å²) in [6, 6.07) is 0. The van der Waals surface area contributed by atoms with Crippen LogP contribution in [0, 0.1) is 0 Å². The summed E-state index contributed by atoms with van der Waals surface area (Å²) in [6.07, 6.45) is 1.84. The zero-order valence-corrected chi connectivity index (χ0v) is 11.3. The highest BCUT2D eigenvalue weighted by atomic mass is 16.4. The zero-order chi connectivity index (χ0) is 15.4. The lowest BCUT2D eigenvalue weighted by atomic mass is 10.1. The first kappa shape index (κ1) is 14.6. The molecule has 0 fully saturated rings. The molecule has 1 aromatic rings. The predicted molar refractivity (Wildman–Crippen MR) is 69.4 cm³/mol. The van der Waals surface area contributed by atoms with Crippen LogP contribution < -0.4 is 5.32 Å². The van der Waals surface area contributed by atoms with E-state index < -0.39 is 5.97 Å². The average Bonchev–Trinajstić information content (AvgIpc) is 2.91. The van der Waals surface area contributed by atoms with Gasteiger partial charge in [0.25, 0.3) is 5.91 Å². The molecule has 2 N–H and O–H groups in total. The summed E-state index contributed by atoms with van der Waals surface area (Å²) in [5.74, 6) is -1.64. The van der Waals surface area contributed by atoms with Crippen LogP contribution in [0.2, 0.25) is 0 Å². The van der Waals surface area contributed by atoms with E-state index in [4.69, 9.17) is 5.11 Å². The molecule has 2 amide bonds. The highest BCUT2D eigenvalue weighted by Crippen LogP contribution is 2.06. The Balaban J connectivity index is 1.83. The van der Waals surface area contributed by atoms with Crippen molar-refractivity contribution in [2.24, 2.45) is 5.10 Å². The van der Waals surface area contributed by atoms with Gasteiger partial charge in [-0.05, 0) is 0 Å². The molecule has 112 valence electrons. The second-order valence-electron chi connectivity index (χ2n) is 4.39. The molecule has 0 aromatic carbocycles. The molecule has 0 bridgehead atoms. The molecule has 1 aromatic heterocycles. The number of nitrogens with zero attached hydrogens (tertiary/aromatic N) is 5. The molecular weight excluding hydrogens is 280 g/mol. The number of carbonyl (C=O) groups is 3. The molecule has 0 spiro atoms. The first-order chi connectivity index (χ1) is 9.97. The quantitative estimate of drug-likeness (QED) is 0.694. The summed E-state index contributed by atoms with van der Waals surface area (Å²) in [6.45, 7) is 0.534. The van der Waals surface area contributed by atoms with Crippen LogP contribution in [0.3, 0.4) is 0 Å². The van der Waals surface area contributed by atoms with Gasteiger partial charge in [0.2, 0.25) is 5.91 Å². The molecule has 2 rings (SSSR count). The number of aromatic carboxylic acids is 1. The summed E-state index contributed by atoms with van der Waals surface area (Å²) >= 11 is 0. The zero-order valence-electron chi connectivity index (χ0n) is 11.3. The summed E-state index contributed by atoms with van der Waals surface area (Å²) in [7, 11) is 1.50. The summed E-state index contributed by atoms with van der Waals surface area (Å²) in [5, 5.41) is 23.4. The molecule has 0 saturated carbocycles. The molecule has 0 radical (unpaired) electrons. The van der Waals surface area contributed by atoms with Crippen LogP contribution in [-0.4, -0.2) is 62.2 Å². The highest BCUT2D eigenvalue weighted by Gasteiger charge is 2.21. The second kappa shape index (κ2) is 6.11. The van der Waals surface area contributed by atoms with Crippen molar-refractivity contribution in [3.05, 3.63) is 11.9 Å². The number of carboxylic acids is 1. The molecule has 0 aliphatic carbocycles. The first-order valence-electron chi connectivity index (χ1n) is 6.23. The average molecular weight is 294 g/mol. The van der Waals surface area contributed by atoms with Crippen LogP contribution in [0.1, 0.15) is 23.3 Å². The number of hydrogen-bond acceptors (Lipinski definition) is 6. The van der Waals surface area contributed by atoms with Crippen LogP contribution in [0.4, 0.5) is 0 Å². The number of rotatable bonds is 5. The number of hydrazone groups is 1. The third kappa shape index (κ3) is 3.61. The molecule has 0 atom stereocenters.